The van der Waals surface area contributed by atoms with Gasteiger partial charge in [0.15, 0.2) is 6.10 Å². The van der Waals surface area contributed by atoms with Crippen LogP contribution in [0.1, 0.15) is 54.2 Å². The fraction of sp³-hybridized carbons (Fsp3) is 0.304. The molecule has 3 aromatic rings. The van der Waals surface area contributed by atoms with Crippen LogP contribution in [-0.4, -0.2) is 22.4 Å². The Labute approximate surface area is 158 Å². The second-order valence-corrected chi connectivity index (χ2v) is 7.15. The van der Waals surface area contributed by atoms with Crippen LogP contribution >= 0.6 is 0 Å². The number of carbonyl (C=O) groups excluding carboxylic acids is 2. The van der Waals surface area contributed by atoms with Gasteiger partial charge < -0.3 is 9.30 Å². The van der Waals surface area contributed by atoms with Crippen molar-refractivity contribution in [1.29, 1.82) is 0 Å². The van der Waals surface area contributed by atoms with Crippen molar-refractivity contribution in [2.75, 3.05) is 0 Å². The van der Waals surface area contributed by atoms with Crippen LogP contribution in [0.2, 0.25) is 0 Å². The molecule has 1 aromatic heterocycles. The fourth-order valence-electron chi connectivity index (χ4n) is 4.24. The first-order valence-electron chi connectivity index (χ1n) is 9.46. The normalized spacial score (nSPS) is 19.1. The SMILES string of the molecule is CCC1CC(OC(C)=O)C(=O)c2c1n(Cc1ccccc1)c1ccccc21. The number of rotatable bonds is 4. The number of ether oxygens (including phenoxy) is 1. The Bertz CT molecular complexity index is 1000. The van der Waals surface area contributed by atoms with Crippen molar-refractivity contribution >= 4 is 22.7 Å². The minimum Gasteiger partial charge on any atom is -0.454 e. The van der Waals surface area contributed by atoms with Gasteiger partial charge in [0.25, 0.3) is 0 Å². The highest BCUT2D eigenvalue weighted by molar-refractivity contribution is 6.13. The summed E-state index contributed by atoms with van der Waals surface area (Å²) in [5.74, 6) is -0.300. The molecule has 0 spiro atoms. The summed E-state index contributed by atoms with van der Waals surface area (Å²) in [7, 11) is 0. The van der Waals surface area contributed by atoms with Crippen LogP contribution < -0.4 is 0 Å². The van der Waals surface area contributed by atoms with Crippen LogP contribution in [0.15, 0.2) is 54.6 Å². The highest BCUT2D eigenvalue weighted by Crippen LogP contribution is 2.41. The molecule has 2 aromatic carbocycles. The van der Waals surface area contributed by atoms with Gasteiger partial charge in [-0.1, -0.05) is 55.5 Å². The number of esters is 1. The van der Waals surface area contributed by atoms with Crippen molar-refractivity contribution < 1.29 is 14.3 Å². The highest BCUT2D eigenvalue weighted by Gasteiger charge is 2.39. The zero-order valence-corrected chi connectivity index (χ0v) is 15.6. The molecule has 0 amide bonds. The van der Waals surface area contributed by atoms with Crippen LogP contribution in [0, 0.1) is 0 Å². The molecule has 2 atom stereocenters. The third-order valence-corrected chi connectivity index (χ3v) is 5.42. The standard InChI is InChI=1S/C23H23NO3/c1-3-17-13-20(27-15(2)25)23(26)21-18-11-7-8-12-19(18)24(22(17)21)14-16-9-5-4-6-10-16/h4-12,17,20H,3,13-14H2,1-2H3. The van der Waals surface area contributed by atoms with Crippen LogP contribution in [0.3, 0.4) is 0 Å². The van der Waals surface area contributed by atoms with Gasteiger partial charge in [-0.25, -0.2) is 0 Å². The molecule has 0 bridgehead atoms. The minimum atomic E-state index is -0.684. The van der Waals surface area contributed by atoms with Gasteiger partial charge >= 0.3 is 5.97 Å². The number of benzene rings is 2. The molecular formula is C23H23NO3. The number of carbonyl (C=O) groups is 2. The number of para-hydroxylation sites is 1. The summed E-state index contributed by atoms with van der Waals surface area (Å²) in [4.78, 5) is 24.7. The molecule has 1 aliphatic rings. The van der Waals surface area contributed by atoms with Gasteiger partial charge in [-0.15, -0.1) is 0 Å². The number of ketones is 1. The summed E-state index contributed by atoms with van der Waals surface area (Å²) in [5.41, 5.74) is 4.06. The van der Waals surface area contributed by atoms with Crippen LogP contribution in [-0.2, 0) is 16.1 Å². The lowest BCUT2D eigenvalue weighted by atomic mass is 9.82. The zero-order valence-electron chi connectivity index (χ0n) is 15.6. The van der Waals surface area contributed by atoms with Gasteiger partial charge in [-0.3, -0.25) is 9.59 Å². The average Bonchev–Trinajstić information content (AvgIpc) is 2.99. The maximum absolute atomic E-state index is 13.2. The smallest absolute Gasteiger partial charge is 0.303 e. The summed E-state index contributed by atoms with van der Waals surface area (Å²) < 4.78 is 7.64. The van der Waals surface area contributed by atoms with E-state index in [0.29, 0.717) is 6.42 Å². The first-order chi connectivity index (χ1) is 13.1. The van der Waals surface area contributed by atoms with E-state index in [0.717, 1.165) is 35.1 Å². The van der Waals surface area contributed by atoms with Gasteiger partial charge in [0, 0.05) is 42.4 Å². The Kier molecular flexibility index (Phi) is 4.56. The molecule has 4 heteroatoms. The number of nitrogens with zero attached hydrogens (tertiary/aromatic N) is 1. The Morgan fingerprint density at radius 3 is 2.52 bits per heavy atom. The van der Waals surface area contributed by atoms with E-state index in [1.54, 1.807) is 0 Å². The summed E-state index contributed by atoms with van der Waals surface area (Å²) in [5, 5.41) is 0.948. The molecule has 0 fully saturated rings. The van der Waals surface area contributed by atoms with Gasteiger partial charge in [0.05, 0.1) is 5.56 Å². The van der Waals surface area contributed by atoms with Crippen molar-refractivity contribution in [3.05, 3.63) is 71.4 Å². The summed E-state index contributed by atoms with van der Waals surface area (Å²) in [6.45, 7) is 4.21. The molecule has 2 unspecified atom stereocenters. The molecule has 0 aliphatic heterocycles. The summed E-state index contributed by atoms with van der Waals surface area (Å²) in [6, 6.07) is 18.3. The maximum Gasteiger partial charge on any atom is 0.303 e. The Morgan fingerprint density at radius 2 is 1.81 bits per heavy atom. The summed E-state index contributed by atoms with van der Waals surface area (Å²) >= 11 is 0. The molecule has 138 valence electrons. The average molecular weight is 361 g/mol. The second kappa shape index (κ2) is 7.03. The molecule has 1 aliphatic carbocycles. The van der Waals surface area contributed by atoms with E-state index in [2.05, 4.69) is 29.7 Å². The molecule has 0 saturated heterocycles. The van der Waals surface area contributed by atoms with E-state index in [1.165, 1.54) is 12.5 Å². The topological polar surface area (TPSA) is 48.3 Å². The molecule has 4 nitrogen and oxygen atoms in total. The van der Waals surface area contributed by atoms with Crippen molar-refractivity contribution in [3.63, 3.8) is 0 Å². The van der Waals surface area contributed by atoms with Crippen LogP contribution in [0.25, 0.3) is 10.9 Å². The molecule has 27 heavy (non-hydrogen) atoms. The Balaban J connectivity index is 1.91. The van der Waals surface area contributed by atoms with Gasteiger partial charge in [0.1, 0.15) is 0 Å². The summed E-state index contributed by atoms with van der Waals surface area (Å²) in [6.07, 6.45) is 0.756. The van der Waals surface area contributed by atoms with Crippen molar-refractivity contribution in [2.45, 2.75) is 45.3 Å². The first kappa shape index (κ1) is 17.5. The number of hydrogen-bond acceptors (Lipinski definition) is 3. The van der Waals surface area contributed by atoms with E-state index in [1.807, 2.05) is 36.4 Å². The van der Waals surface area contributed by atoms with E-state index in [-0.39, 0.29) is 11.7 Å². The van der Waals surface area contributed by atoms with Crippen LogP contribution in [0.4, 0.5) is 0 Å². The molecular weight excluding hydrogens is 338 g/mol. The lowest BCUT2D eigenvalue weighted by Gasteiger charge is -2.29. The second-order valence-electron chi connectivity index (χ2n) is 7.15. The fourth-order valence-corrected chi connectivity index (χ4v) is 4.24. The third kappa shape index (κ3) is 3.05. The molecule has 0 N–H and O–H groups in total. The lowest BCUT2D eigenvalue weighted by Crippen LogP contribution is -2.34. The first-order valence-corrected chi connectivity index (χ1v) is 9.46. The molecule has 0 saturated carbocycles. The number of Topliss-reactive ketones (excluding diaryl/α,β-unsaturated/α-hetero) is 1. The molecule has 0 radical (unpaired) electrons. The van der Waals surface area contributed by atoms with Crippen molar-refractivity contribution in [3.8, 4) is 0 Å². The van der Waals surface area contributed by atoms with E-state index in [9.17, 15) is 9.59 Å². The van der Waals surface area contributed by atoms with E-state index < -0.39 is 12.1 Å². The largest absolute Gasteiger partial charge is 0.454 e. The predicted octanol–water partition coefficient (Wildman–Crippen LogP) is 4.70. The molecule has 4 rings (SSSR count). The number of aromatic nitrogens is 1. The number of hydrogen-bond donors (Lipinski definition) is 0. The Morgan fingerprint density at radius 1 is 1.11 bits per heavy atom. The van der Waals surface area contributed by atoms with Crippen LogP contribution in [0.5, 0.6) is 0 Å². The lowest BCUT2D eigenvalue weighted by molar-refractivity contribution is -0.144. The van der Waals surface area contributed by atoms with Gasteiger partial charge in [-0.2, -0.15) is 0 Å². The zero-order chi connectivity index (χ0) is 19.0. The highest BCUT2D eigenvalue weighted by atomic mass is 16.5. The predicted molar refractivity (Wildman–Crippen MR) is 105 cm³/mol. The van der Waals surface area contributed by atoms with Crippen molar-refractivity contribution in [2.24, 2.45) is 0 Å². The Hall–Kier alpha value is -2.88. The monoisotopic (exact) mass is 361 g/mol. The minimum absolute atomic E-state index is 0.0760. The van der Waals surface area contributed by atoms with Gasteiger partial charge in [-0.05, 0) is 18.1 Å². The quantitative estimate of drug-likeness (QED) is 0.633. The van der Waals surface area contributed by atoms with Gasteiger partial charge in [0.2, 0.25) is 5.78 Å². The van der Waals surface area contributed by atoms with Crippen molar-refractivity contribution in [1.82, 2.24) is 4.57 Å². The number of fused-ring (bicyclic) bond motifs is 3. The maximum atomic E-state index is 13.2. The van der Waals surface area contributed by atoms with E-state index in [4.69, 9.17) is 4.74 Å². The third-order valence-electron chi connectivity index (χ3n) is 5.42. The molecule has 1 heterocycles. The van der Waals surface area contributed by atoms with E-state index >= 15 is 0 Å².